The molecule has 0 aliphatic rings. The Morgan fingerprint density at radius 1 is 1.32 bits per heavy atom. The monoisotopic (exact) mass is 264 g/mol. The van der Waals surface area contributed by atoms with Crippen LogP contribution in [0.1, 0.15) is 25.8 Å². The van der Waals surface area contributed by atoms with Crippen molar-refractivity contribution in [1.82, 2.24) is 5.32 Å². The van der Waals surface area contributed by atoms with Crippen LogP contribution in [-0.2, 0) is 16.0 Å². The molecule has 0 aliphatic carbocycles. The van der Waals surface area contributed by atoms with Crippen molar-refractivity contribution in [3.8, 4) is 0 Å². The standard InChI is InChI=1S/C14H20N2O3/c1-14(2,15-3)13(19)16-11-6-4-5-10(9-11)7-8-12(17)18/h4-6,9,15H,7-8H2,1-3H3,(H,16,19)(H,17,18). The van der Waals surface area contributed by atoms with E-state index in [1.807, 2.05) is 6.07 Å². The van der Waals surface area contributed by atoms with Gasteiger partial charge in [-0.15, -0.1) is 0 Å². The van der Waals surface area contributed by atoms with Crippen LogP contribution >= 0.6 is 0 Å². The fourth-order valence-electron chi connectivity index (χ4n) is 1.46. The molecule has 0 fully saturated rings. The molecule has 19 heavy (non-hydrogen) atoms. The van der Waals surface area contributed by atoms with Crippen LogP contribution in [0.3, 0.4) is 0 Å². The number of aliphatic carboxylic acids is 1. The highest BCUT2D eigenvalue weighted by molar-refractivity contribution is 5.97. The Balaban J connectivity index is 2.72. The van der Waals surface area contributed by atoms with Crippen molar-refractivity contribution in [3.05, 3.63) is 29.8 Å². The van der Waals surface area contributed by atoms with Crippen LogP contribution in [0.5, 0.6) is 0 Å². The summed E-state index contributed by atoms with van der Waals surface area (Å²) in [6.45, 7) is 3.58. The zero-order valence-corrected chi connectivity index (χ0v) is 11.5. The van der Waals surface area contributed by atoms with Crippen molar-refractivity contribution < 1.29 is 14.7 Å². The molecule has 1 aromatic rings. The largest absolute Gasteiger partial charge is 0.481 e. The molecule has 1 rings (SSSR count). The van der Waals surface area contributed by atoms with Crippen LogP contribution in [0.4, 0.5) is 5.69 Å². The predicted molar refractivity (Wildman–Crippen MR) is 74.2 cm³/mol. The summed E-state index contributed by atoms with van der Waals surface area (Å²) in [7, 11) is 1.73. The summed E-state index contributed by atoms with van der Waals surface area (Å²) in [5.74, 6) is -0.962. The van der Waals surface area contributed by atoms with Crippen molar-refractivity contribution in [1.29, 1.82) is 0 Å². The van der Waals surface area contributed by atoms with E-state index in [-0.39, 0.29) is 12.3 Å². The maximum Gasteiger partial charge on any atom is 0.303 e. The molecule has 0 unspecified atom stereocenters. The van der Waals surface area contributed by atoms with E-state index in [2.05, 4.69) is 10.6 Å². The van der Waals surface area contributed by atoms with Gasteiger partial charge in [0.1, 0.15) is 0 Å². The van der Waals surface area contributed by atoms with Gasteiger partial charge in [-0.2, -0.15) is 0 Å². The van der Waals surface area contributed by atoms with Gasteiger partial charge in [0.15, 0.2) is 0 Å². The zero-order chi connectivity index (χ0) is 14.5. The molecule has 0 heterocycles. The number of rotatable bonds is 6. The molecule has 3 N–H and O–H groups in total. The van der Waals surface area contributed by atoms with E-state index in [0.29, 0.717) is 12.1 Å². The molecule has 0 saturated carbocycles. The van der Waals surface area contributed by atoms with Crippen molar-refractivity contribution in [2.75, 3.05) is 12.4 Å². The quantitative estimate of drug-likeness (QED) is 0.730. The first-order chi connectivity index (χ1) is 8.85. The number of anilines is 1. The minimum atomic E-state index is -0.828. The Kier molecular flexibility index (Phi) is 5.06. The number of carbonyl (C=O) groups is 2. The Labute approximate surface area is 113 Å². The van der Waals surface area contributed by atoms with Crippen molar-refractivity contribution >= 4 is 17.6 Å². The maximum absolute atomic E-state index is 12.0. The minimum absolute atomic E-state index is 0.0827. The van der Waals surface area contributed by atoms with Gasteiger partial charge < -0.3 is 15.7 Å². The van der Waals surface area contributed by atoms with Gasteiger partial charge in [0.2, 0.25) is 5.91 Å². The van der Waals surface area contributed by atoms with Crippen molar-refractivity contribution in [3.63, 3.8) is 0 Å². The third-order valence-electron chi connectivity index (χ3n) is 3.01. The Morgan fingerprint density at radius 2 is 2.00 bits per heavy atom. The second-order valence-electron chi connectivity index (χ2n) is 4.92. The first-order valence-corrected chi connectivity index (χ1v) is 6.16. The lowest BCUT2D eigenvalue weighted by atomic mass is 10.0. The van der Waals surface area contributed by atoms with Gasteiger partial charge >= 0.3 is 5.97 Å². The minimum Gasteiger partial charge on any atom is -0.481 e. The van der Waals surface area contributed by atoms with E-state index in [1.165, 1.54) is 0 Å². The molecular formula is C14H20N2O3. The number of aryl methyl sites for hydroxylation is 1. The number of amides is 1. The number of carboxylic acids is 1. The lowest BCUT2D eigenvalue weighted by Gasteiger charge is -2.22. The molecule has 0 bridgehead atoms. The number of hydrogen-bond acceptors (Lipinski definition) is 3. The summed E-state index contributed by atoms with van der Waals surface area (Å²) in [5.41, 5.74) is 0.913. The first kappa shape index (κ1) is 15.2. The van der Waals surface area contributed by atoms with Crippen LogP contribution in [-0.4, -0.2) is 29.6 Å². The number of nitrogens with one attached hydrogen (secondary N) is 2. The van der Waals surface area contributed by atoms with Crippen LogP contribution in [0.25, 0.3) is 0 Å². The molecule has 0 aliphatic heterocycles. The molecule has 0 spiro atoms. The summed E-state index contributed by atoms with van der Waals surface area (Å²) in [5, 5.41) is 14.4. The second kappa shape index (κ2) is 6.33. The van der Waals surface area contributed by atoms with E-state index >= 15 is 0 Å². The second-order valence-corrected chi connectivity index (χ2v) is 4.92. The summed E-state index contributed by atoms with van der Waals surface area (Å²) in [6.07, 6.45) is 0.536. The smallest absolute Gasteiger partial charge is 0.303 e. The molecule has 5 nitrogen and oxygen atoms in total. The third kappa shape index (κ3) is 4.71. The number of carbonyl (C=O) groups excluding carboxylic acids is 1. The number of benzene rings is 1. The molecule has 0 radical (unpaired) electrons. The maximum atomic E-state index is 12.0. The molecule has 0 atom stereocenters. The fraction of sp³-hybridized carbons (Fsp3) is 0.429. The van der Waals surface area contributed by atoms with E-state index in [4.69, 9.17) is 5.11 Å². The molecular weight excluding hydrogens is 244 g/mol. The first-order valence-electron chi connectivity index (χ1n) is 6.16. The van der Waals surface area contributed by atoms with Crippen LogP contribution < -0.4 is 10.6 Å². The van der Waals surface area contributed by atoms with E-state index in [9.17, 15) is 9.59 Å². The zero-order valence-electron chi connectivity index (χ0n) is 11.5. The van der Waals surface area contributed by atoms with Gasteiger partial charge in [-0.05, 0) is 45.0 Å². The summed E-state index contributed by atoms with van der Waals surface area (Å²) in [4.78, 5) is 22.5. The van der Waals surface area contributed by atoms with Gasteiger partial charge in [-0.1, -0.05) is 12.1 Å². The van der Waals surface area contributed by atoms with Crippen LogP contribution in [0, 0.1) is 0 Å². The van der Waals surface area contributed by atoms with Gasteiger partial charge in [0, 0.05) is 12.1 Å². The van der Waals surface area contributed by atoms with Crippen molar-refractivity contribution in [2.45, 2.75) is 32.2 Å². The van der Waals surface area contributed by atoms with Gasteiger partial charge in [-0.3, -0.25) is 9.59 Å². The summed E-state index contributed by atoms with van der Waals surface area (Å²) in [6, 6.07) is 7.24. The van der Waals surface area contributed by atoms with Crippen LogP contribution in [0.2, 0.25) is 0 Å². The molecule has 0 aromatic heterocycles. The van der Waals surface area contributed by atoms with E-state index in [0.717, 1.165) is 5.56 Å². The van der Waals surface area contributed by atoms with Gasteiger partial charge in [0.25, 0.3) is 0 Å². The Hall–Kier alpha value is -1.88. The van der Waals surface area contributed by atoms with Gasteiger partial charge in [0.05, 0.1) is 5.54 Å². The van der Waals surface area contributed by atoms with E-state index in [1.54, 1.807) is 39.1 Å². The van der Waals surface area contributed by atoms with Gasteiger partial charge in [-0.25, -0.2) is 0 Å². The molecule has 104 valence electrons. The van der Waals surface area contributed by atoms with Crippen molar-refractivity contribution in [2.24, 2.45) is 0 Å². The Bertz CT molecular complexity index is 470. The molecule has 0 saturated heterocycles. The number of hydrogen-bond donors (Lipinski definition) is 3. The lowest BCUT2D eigenvalue weighted by molar-refractivity contribution is -0.137. The lowest BCUT2D eigenvalue weighted by Crippen LogP contribution is -2.47. The van der Waals surface area contributed by atoms with Crippen LogP contribution in [0.15, 0.2) is 24.3 Å². The summed E-state index contributed by atoms with van der Waals surface area (Å²) < 4.78 is 0. The third-order valence-corrected chi connectivity index (χ3v) is 3.01. The molecule has 5 heteroatoms. The average Bonchev–Trinajstić information content (AvgIpc) is 2.36. The number of likely N-dealkylation sites (N-methyl/N-ethyl adjacent to an activating group) is 1. The normalized spacial score (nSPS) is 11.1. The predicted octanol–water partition coefficient (Wildman–Crippen LogP) is 1.64. The topological polar surface area (TPSA) is 78.4 Å². The SMILES string of the molecule is CNC(C)(C)C(=O)Nc1cccc(CCC(=O)O)c1. The average molecular weight is 264 g/mol. The highest BCUT2D eigenvalue weighted by atomic mass is 16.4. The molecule has 1 aromatic carbocycles. The summed E-state index contributed by atoms with van der Waals surface area (Å²) >= 11 is 0. The highest BCUT2D eigenvalue weighted by Gasteiger charge is 2.25. The highest BCUT2D eigenvalue weighted by Crippen LogP contribution is 2.14. The fourth-order valence-corrected chi connectivity index (χ4v) is 1.46. The Morgan fingerprint density at radius 3 is 2.58 bits per heavy atom. The molecule has 1 amide bonds. The number of carboxylic acid groups (broad SMARTS) is 1. The van der Waals surface area contributed by atoms with E-state index < -0.39 is 11.5 Å².